The number of carbonyl (C=O) groups excluding carboxylic acids is 2. The molecule has 0 aliphatic rings. The molecular weight excluding hydrogens is 354 g/mol. The standard InChI is InChI=1S/C19H21NO5S/c1-12(25-19(22)14-7-5-6-8-17(14)26-4)18(21)20-13-9-10-15(23-2)16(11-13)24-3/h5-12H,1-4H3,(H,20,21)/t12-/m0/s1. The van der Waals surface area contributed by atoms with Crippen molar-refractivity contribution in [3.8, 4) is 11.5 Å². The number of methoxy groups -OCH3 is 2. The van der Waals surface area contributed by atoms with E-state index < -0.39 is 18.0 Å². The summed E-state index contributed by atoms with van der Waals surface area (Å²) in [5, 5.41) is 2.70. The zero-order chi connectivity index (χ0) is 19.1. The fourth-order valence-corrected chi connectivity index (χ4v) is 2.83. The second-order valence-electron chi connectivity index (χ2n) is 5.31. The molecule has 26 heavy (non-hydrogen) atoms. The highest BCUT2D eigenvalue weighted by Gasteiger charge is 2.21. The molecule has 0 unspecified atom stereocenters. The molecule has 1 amide bonds. The van der Waals surface area contributed by atoms with Crippen molar-refractivity contribution in [1.82, 2.24) is 0 Å². The first-order valence-corrected chi connectivity index (χ1v) is 9.09. The second-order valence-corrected chi connectivity index (χ2v) is 6.15. The van der Waals surface area contributed by atoms with E-state index in [0.717, 1.165) is 4.90 Å². The zero-order valence-corrected chi connectivity index (χ0v) is 15.9. The Morgan fingerprint density at radius 3 is 2.38 bits per heavy atom. The maximum Gasteiger partial charge on any atom is 0.340 e. The topological polar surface area (TPSA) is 73.9 Å². The molecule has 0 aliphatic carbocycles. The van der Waals surface area contributed by atoms with E-state index in [1.807, 2.05) is 18.4 Å². The number of anilines is 1. The highest BCUT2D eigenvalue weighted by Crippen LogP contribution is 2.29. The van der Waals surface area contributed by atoms with Crippen LogP contribution in [0.25, 0.3) is 0 Å². The molecule has 2 rings (SSSR count). The van der Waals surface area contributed by atoms with E-state index in [2.05, 4.69) is 5.32 Å². The quantitative estimate of drug-likeness (QED) is 0.589. The predicted octanol–water partition coefficient (Wildman–Crippen LogP) is 3.61. The van der Waals surface area contributed by atoms with Crippen LogP contribution in [-0.2, 0) is 9.53 Å². The molecule has 1 N–H and O–H groups in total. The average Bonchev–Trinajstić information content (AvgIpc) is 2.67. The van der Waals surface area contributed by atoms with E-state index in [1.54, 1.807) is 30.3 Å². The lowest BCUT2D eigenvalue weighted by molar-refractivity contribution is -0.123. The van der Waals surface area contributed by atoms with Crippen molar-refractivity contribution >= 4 is 29.3 Å². The first-order valence-electron chi connectivity index (χ1n) is 7.87. The van der Waals surface area contributed by atoms with E-state index in [-0.39, 0.29) is 0 Å². The maximum atomic E-state index is 12.3. The SMILES string of the molecule is COc1ccc(NC(=O)[C@H](C)OC(=O)c2ccccc2SC)cc1OC. The van der Waals surface area contributed by atoms with Crippen LogP contribution in [0, 0.1) is 0 Å². The second kappa shape index (κ2) is 9.15. The molecule has 0 bridgehead atoms. The summed E-state index contributed by atoms with van der Waals surface area (Å²) in [6.45, 7) is 1.52. The lowest BCUT2D eigenvalue weighted by atomic mass is 10.2. The van der Waals surface area contributed by atoms with Gasteiger partial charge in [-0.1, -0.05) is 12.1 Å². The normalized spacial score (nSPS) is 11.4. The van der Waals surface area contributed by atoms with Crippen molar-refractivity contribution in [3.05, 3.63) is 48.0 Å². The van der Waals surface area contributed by atoms with Crippen LogP contribution in [0.2, 0.25) is 0 Å². The Kier molecular flexibility index (Phi) is 6.91. The molecule has 0 saturated carbocycles. The van der Waals surface area contributed by atoms with Gasteiger partial charge in [0.2, 0.25) is 0 Å². The number of rotatable bonds is 7. The number of amides is 1. The summed E-state index contributed by atoms with van der Waals surface area (Å²) < 4.78 is 15.7. The fourth-order valence-electron chi connectivity index (χ4n) is 2.25. The molecule has 0 fully saturated rings. The molecular formula is C19H21NO5S. The predicted molar refractivity (Wildman–Crippen MR) is 101 cm³/mol. The number of carbonyl (C=O) groups is 2. The Balaban J connectivity index is 2.04. The number of nitrogens with one attached hydrogen (secondary N) is 1. The van der Waals surface area contributed by atoms with Gasteiger partial charge >= 0.3 is 5.97 Å². The first-order chi connectivity index (χ1) is 12.5. The van der Waals surface area contributed by atoms with Gasteiger partial charge in [0.15, 0.2) is 17.6 Å². The summed E-state index contributed by atoms with van der Waals surface area (Å²) >= 11 is 1.44. The third kappa shape index (κ3) is 4.70. The van der Waals surface area contributed by atoms with Crippen LogP contribution in [0.5, 0.6) is 11.5 Å². The van der Waals surface area contributed by atoms with Gasteiger partial charge < -0.3 is 19.5 Å². The molecule has 7 heteroatoms. The number of hydrogen-bond acceptors (Lipinski definition) is 6. The van der Waals surface area contributed by atoms with Crippen molar-refractivity contribution in [2.75, 3.05) is 25.8 Å². The Morgan fingerprint density at radius 2 is 1.73 bits per heavy atom. The van der Waals surface area contributed by atoms with Gasteiger partial charge in [0.25, 0.3) is 5.91 Å². The molecule has 0 radical (unpaired) electrons. The Bertz CT molecular complexity index is 793. The first kappa shape index (κ1) is 19.7. The van der Waals surface area contributed by atoms with Crippen LogP contribution in [0.15, 0.2) is 47.4 Å². The average molecular weight is 375 g/mol. The van der Waals surface area contributed by atoms with Gasteiger partial charge in [0.05, 0.1) is 19.8 Å². The van der Waals surface area contributed by atoms with Crippen molar-refractivity contribution in [2.24, 2.45) is 0 Å². The van der Waals surface area contributed by atoms with Gasteiger partial charge in [0, 0.05) is 16.6 Å². The summed E-state index contributed by atoms with van der Waals surface area (Å²) in [4.78, 5) is 25.4. The third-order valence-electron chi connectivity index (χ3n) is 3.63. The maximum absolute atomic E-state index is 12.3. The third-order valence-corrected chi connectivity index (χ3v) is 4.43. The van der Waals surface area contributed by atoms with Gasteiger partial charge in [-0.3, -0.25) is 4.79 Å². The highest BCUT2D eigenvalue weighted by molar-refractivity contribution is 7.98. The number of thioether (sulfide) groups is 1. The van der Waals surface area contributed by atoms with Crippen LogP contribution in [0.4, 0.5) is 5.69 Å². The molecule has 2 aromatic carbocycles. The van der Waals surface area contributed by atoms with E-state index >= 15 is 0 Å². The Hall–Kier alpha value is -2.67. The van der Waals surface area contributed by atoms with Crippen LogP contribution >= 0.6 is 11.8 Å². The lowest BCUT2D eigenvalue weighted by Crippen LogP contribution is -2.30. The van der Waals surface area contributed by atoms with Gasteiger partial charge in [0.1, 0.15) is 0 Å². The largest absolute Gasteiger partial charge is 0.493 e. The van der Waals surface area contributed by atoms with Gasteiger partial charge in [-0.05, 0) is 37.4 Å². The molecule has 0 aromatic heterocycles. The molecule has 0 saturated heterocycles. The summed E-state index contributed by atoms with van der Waals surface area (Å²) in [5.41, 5.74) is 0.950. The number of benzene rings is 2. The minimum atomic E-state index is -0.953. The fraction of sp³-hybridized carbons (Fsp3) is 0.263. The summed E-state index contributed by atoms with van der Waals surface area (Å²) in [7, 11) is 3.04. The number of hydrogen-bond donors (Lipinski definition) is 1. The zero-order valence-electron chi connectivity index (χ0n) is 15.1. The minimum Gasteiger partial charge on any atom is -0.493 e. The van der Waals surface area contributed by atoms with E-state index in [9.17, 15) is 9.59 Å². The smallest absolute Gasteiger partial charge is 0.340 e. The van der Waals surface area contributed by atoms with Crippen LogP contribution in [0.3, 0.4) is 0 Å². The molecule has 138 valence electrons. The number of ether oxygens (including phenoxy) is 3. The summed E-state index contributed by atoms with van der Waals surface area (Å²) in [6, 6.07) is 12.1. The molecule has 6 nitrogen and oxygen atoms in total. The van der Waals surface area contributed by atoms with Crippen molar-refractivity contribution in [1.29, 1.82) is 0 Å². The lowest BCUT2D eigenvalue weighted by Gasteiger charge is -2.15. The van der Waals surface area contributed by atoms with Crippen molar-refractivity contribution in [3.63, 3.8) is 0 Å². The molecule has 2 aromatic rings. The Labute approximate surface area is 156 Å². The van der Waals surface area contributed by atoms with E-state index in [1.165, 1.54) is 32.9 Å². The Morgan fingerprint density at radius 1 is 1.04 bits per heavy atom. The number of esters is 1. The molecule has 0 aliphatic heterocycles. The summed E-state index contributed by atoms with van der Waals surface area (Å²) in [5.74, 6) is 0.0691. The van der Waals surface area contributed by atoms with Crippen molar-refractivity contribution in [2.45, 2.75) is 17.9 Å². The van der Waals surface area contributed by atoms with Gasteiger partial charge in [-0.25, -0.2) is 4.79 Å². The monoisotopic (exact) mass is 375 g/mol. The summed E-state index contributed by atoms with van der Waals surface area (Å²) in [6.07, 6.45) is 0.921. The van der Waals surface area contributed by atoms with Gasteiger partial charge in [-0.2, -0.15) is 0 Å². The van der Waals surface area contributed by atoms with E-state index in [0.29, 0.717) is 22.7 Å². The van der Waals surface area contributed by atoms with Crippen LogP contribution < -0.4 is 14.8 Å². The van der Waals surface area contributed by atoms with E-state index in [4.69, 9.17) is 14.2 Å². The molecule has 0 spiro atoms. The molecule has 1 atom stereocenters. The minimum absolute atomic E-state index is 0.436. The van der Waals surface area contributed by atoms with Gasteiger partial charge in [-0.15, -0.1) is 11.8 Å². The molecule has 0 heterocycles. The van der Waals surface area contributed by atoms with Crippen molar-refractivity contribution < 1.29 is 23.8 Å². The highest BCUT2D eigenvalue weighted by atomic mass is 32.2. The van der Waals surface area contributed by atoms with Crippen LogP contribution in [0.1, 0.15) is 17.3 Å². The van der Waals surface area contributed by atoms with Crippen LogP contribution in [-0.4, -0.2) is 38.5 Å².